The zero-order chi connectivity index (χ0) is 39.6. The summed E-state index contributed by atoms with van der Waals surface area (Å²) < 4.78 is 15.6. The minimum absolute atomic E-state index is 0.0180. The highest BCUT2D eigenvalue weighted by Crippen LogP contribution is 2.43. The zero-order valence-electron chi connectivity index (χ0n) is 32.3. The molecule has 2 fully saturated rings. The quantitative estimate of drug-likeness (QED) is 0.130. The van der Waals surface area contributed by atoms with Gasteiger partial charge in [0, 0.05) is 43.7 Å². The van der Waals surface area contributed by atoms with Crippen molar-refractivity contribution in [1.82, 2.24) is 29.7 Å². The number of piperidine rings is 1. The van der Waals surface area contributed by atoms with Gasteiger partial charge in [-0.3, -0.25) is 14.3 Å². The van der Waals surface area contributed by atoms with Crippen molar-refractivity contribution in [2.45, 2.75) is 57.5 Å². The lowest BCUT2D eigenvalue weighted by Crippen LogP contribution is -2.47. The number of ether oxygens (including phenoxy) is 2. The molecule has 4 atom stereocenters. The van der Waals surface area contributed by atoms with Crippen molar-refractivity contribution < 1.29 is 19.4 Å². The fraction of sp³-hybridized carbons (Fsp3) is 0.277. The van der Waals surface area contributed by atoms with Crippen molar-refractivity contribution in [2.24, 2.45) is 5.92 Å². The Labute approximate surface area is 336 Å². The molecule has 0 aliphatic carbocycles. The van der Waals surface area contributed by atoms with Crippen molar-refractivity contribution in [3.63, 3.8) is 0 Å². The number of rotatable bonds is 10. The van der Waals surface area contributed by atoms with Crippen LogP contribution in [0.3, 0.4) is 0 Å². The number of aliphatic hydroxyl groups excluding tert-OH is 1. The van der Waals surface area contributed by atoms with Gasteiger partial charge in [-0.2, -0.15) is 0 Å². The molecule has 9 rings (SSSR count). The van der Waals surface area contributed by atoms with Crippen molar-refractivity contribution in [3.05, 3.63) is 166 Å². The second kappa shape index (κ2) is 16.5. The van der Waals surface area contributed by atoms with E-state index in [0.29, 0.717) is 12.1 Å². The molecule has 0 radical (unpaired) electrons. The third-order valence-corrected chi connectivity index (χ3v) is 11.7. The van der Waals surface area contributed by atoms with Gasteiger partial charge in [0.05, 0.1) is 47.1 Å². The number of hydrogen-bond acceptors (Lipinski definition) is 8. The Hall–Kier alpha value is -5.98. The number of amides is 1. The second-order valence-electron chi connectivity index (χ2n) is 15.4. The van der Waals surface area contributed by atoms with E-state index in [1.165, 1.54) is 6.20 Å². The van der Waals surface area contributed by atoms with Gasteiger partial charge in [-0.25, -0.2) is 9.78 Å². The maximum atomic E-state index is 13.0. The fourth-order valence-corrected chi connectivity index (χ4v) is 8.44. The predicted octanol–water partition coefficient (Wildman–Crippen LogP) is 7.49. The molecule has 0 saturated carbocycles. The molecule has 1 amide bonds. The molecule has 3 N–H and O–H groups in total. The standard InChI is InChI=1S/C47H46N6O5/c1-30-43(28-52-22-20-37(21-23-52)53-42-15-5-4-14-40(42)51-47(53)56)57-46(58-44(30)33-18-16-31(29-54)17-19-33)36-11-7-10-35(25-36)34-9-6-8-32(24-34)26-49-45(55)41-27-48-38-12-2-3-13-39(38)50-41/h2-19,24-25,27,30,37,43-44,46,54H,20-23,26,28-29H2,1H3,(H,49,55)(H,51,56)/t30-,43+,44+,46+/m0/s1. The molecule has 0 unspecified atom stereocenters. The fourth-order valence-electron chi connectivity index (χ4n) is 8.44. The van der Waals surface area contributed by atoms with Crippen LogP contribution in [0.1, 0.15) is 70.9 Å². The second-order valence-corrected chi connectivity index (χ2v) is 15.4. The summed E-state index contributed by atoms with van der Waals surface area (Å²) in [5.41, 5.74) is 9.25. The normalized spacial score (nSPS) is 20.4. The van der Waals surface area contributed by atoms with Crippen molar-refractivity contribution >= 4 is 28.0 Å². The summed E-state index contributed by atoms with van der Waals surface area (Å²) in [6.45, 7) is 4.95. The van der Waals surface area contributed by atoms with E-state index >= 15 is 0 Å². The minimum atomic E-state index is -0.614. The number of imidazole rings is 1. The molecule has 5 aromatic carbocycles. The molecule has 7 aromatic rings. The van der Waals surface area contributed by atoms with Crippen LogP contribution in [0, 0.1) is 5.92 Å². The average molecular weight is 775 g/mol. The highest BCUT2D eigenvalue weighted by Gasteiger charge is 2.40. The highest BCUT2D eigenvalue weighted by atomic mass is 16.7. The number of aromatic amines is 1. The number of nitrogens with one attached hydrogen (secondary N) is 2. The molecule has 294 valence electrons. The van der Waals surface area contributed by atoms with Crippen LogP contribution in [0.4, 0.5) is 0 Å². The average Bonchev–Trinajstić information content (AvgIpc) is 3.62. The number of nitrogens with zero attached hydrogens (tertiary/aromatic N) is 4. The lowest BCUT2D eigenvalue weighted by atomic mass is 9.89. The molecule has 58 heavy (non-hydrogen) atoms. The Morgan fingerprint density at radius 3 is 2.38 bits per heavy atom. The van der Waals surface area contributed by atoms with E-state index in [2.05, 4.69) is 56.4 Å². The molecule has 4 heterocycles. The number of fused-ring (bicyclic) bond motifs is 2. The van der Waals surface area contributed by atoms with E-state index in [1.807, 2.05) is 102 Å². The predicted molar refractivity (Wildman–Crippen MR) is 223 cm³/mol. The first-order chi connectivity index (χ1) is 28.4. The van der Waals surface area contributed by atoms with Crippen LogP contribution in [0.2, 0.25) is 0 Å². The van der Waals surface area contributed by atoms with Gasteiger partial charge < -0.3 is 29.8 Å². The summed E-state index contributed by atoms with van der Waals surface area (Å²) in [6, 6.07) is 39.9. The van der Waals surface area contributed by atoms with E-state index in [4.69, 9.17) is 9.47 Å². The first kappa shape index (κ1) is 37.6. The van der Waals surface area contributed by atoms with Crippen LogP contribution in [0.25, 0.3) is 33.2 Å². The van der Waals surface area contributed by atoms with Crippen LogP contribution < -0.4 is 11.0 Å². The number of aliphatic hydroxyl groups is 1. The number of hydrogen-bond donors (Lipinski definition) is 3. The van der Waals surface area contributed by atoms with Gasteiger partial charge in [0.15, 0.2) is 6.29 Å². The summed E-state index contributed by atoms with van der Waals surface area (Å²) >= 11 is 0. The number of carbonyl (C=O) groups excluding carboxylic acids is 1. The van der Waals surface area contributed by atoms with E-state index in [9.17, 15) is 14.7 Å². The number of likely N-dealkylation sites (tertiary alicyclic amines) is 1. The largest absolute Gasteiger partial charge is 0.392 e. The summed E-state index contributed by atoms with van der Waals surface area (Å²) in [6.07, 6.45) is 2.27. The smallest absolute Gasteiger partial charge is 0.326 e. The van der Waals surface area contributed by atoms with Crippen molar-refractivity contribution in [1.29, 1.82) is 0 Å². The third-order valence-electron chi connectivity index (χ3n) is 11.7. The minimum Gasteiger partial charge on any atom is -0.392 e. The van der Waals surface area contributed by atoms with E-state index in [-0.39, 0.29) is 48.1 Å². The molecular formula is C47H46N6O5. The van der Waals surface area contributed by atoms with Gasteiger partial charge in [0.1, 0.15) is 5.69 Å². The van der Waals surface area contributed by atoms with Crippen molar-refractivity contribution in [3.8, 4) is 11.1 Å². The Morgan fingerprint density at radius 2 is 1.57 bits per heavy atom. The first-order valence-electron chi connectivity index (χ1n) is 20.0. The Kier molecular flexibility index (Phi) is 10.7. The summed E-state index contributed by atoms with van der Waals surface area (Å²) in [5, 5.41) is 12.7. The van der Waals surface area contributed by atoms with Crippen LogP contribution in [-0.2, 0) is 22.6 Å². The van der Waals surface area contributed by atoms with Gasteiger partial charge in [-0.15, -0.1) is 0 Å². The first-order valence-corrected chi connectivity index (χ1v) is 20.0. The molecule has 2 saturated heterocycles. The number of benzene rings is 5. The number of carbonyl (C=O) groups is 1. The van der Waals surface area contributed by atoms with E-state index in [0.717, 1.165) is 82.4 Å². The lowest BCUT2D eigenvalue weighted by molar-refractivity contribution is -0.276. The van der Waals surface area contributed by atoms with E-state index in [1.54, 1.807) is 0 Å². The SMILES string of the molecule is C[C@H]1[C@@H](CN2CCC(n3c(=O)[nH]c4ccccc43)CC2)O[C@@H](c2cccc(-c3cccc(CNC(=O)c4cnc5ccccc5n4)c3)c2)O[C@H]1c1ccc(CO)cc1. The molecular weight excluding hydrogens is 729 g/mol. The monoisotopic (exact) mass is 774 g/mol. The summed E-state index contributed by atoms with van der Waals surface area (Å²) in [4.78, 5) is 40.3. The van der Waals surface area contributed by atoms with Crippen LogP contribution in [0.5, 0.6) is 0 Å². The molecule has 0 bridgehead atoms. The highest BCUT2D eigenvalue weighted by molar-refractivity contribution is 5.93. The zero-order valence-corrected chi connectivity index (χ0v) is 32.3. The Morgan fingerprint density at radius 1 is 0.828 bits per heavy atom. The van der Waals surface area contributed by atoms with Gasteiger partial charge >= 0.3 is 5.69 Å². The molecule has 2 aromatic heterocycles. The van der Waals surface area contributed by atoms with Crippen LogP contribution in [-0.4, -0.2) is 61.2 Å². The maximum Gasteiger partial charge on any atom is 0.326 e. The molecule has 11 heteroatoms. The lowest BCUT2D eigenvalue weighted by Gasteiger charge is -2.44. The molecule has 2 aliphatic rings. The maximum absolute atomic E-state index is 13.0. The summed E-state index contributed by atoms with van der Waals surface area (Å²) in [5.74, 6) is -0.239. The Balaban J connectivity index is 0.914. The van der Waals surface area contributed by atoms with Crippen LogP contribution in [0.15, 0.2) is 132 Å². The van der Waals surface area contributed by atoms with Gasteiger partial charge in [-0.1, -0.05) is 91.9 Å². The van der Waals surface area contributed by atoms with Gasteiger partial charge in [-0.05, 0) is 77.1 Å². The Bertz CT molecular complexity index is 2610. The molecule has 11 nitrogen and oxygen atoms in total. The summed E-state index contributed by atoms with van der Waals surface area (Å²) in [7, 11) is 0. The third kappa shape index (κ3) is 7.81. The van der Waals surface area contributed by atoms with Gasteiger partial charge in [0.2, 0.25) is 0 Å². The molecule has 0 spiro atoms. The van der Waals surface area contributed by atoms with Crippen molar-refractivity contribution in [2.75, 3.05) is 19.6 Å². The number of H-pyrrole nitrogens is 1. The molecule has 2 aliphatic heterocycles. The number of para-hydroxylation sites is 4. The van der Waals surface area contributed by atoms with Gasteiger partial charge in [0.25, 0.3) is 5.91 Å². The van der Waals surface area contributed by atoms with E-state index < -0.39 is 6.29 Å². The topological polar surface area (TPSA) is 135 Å². The van der Waals surface area contributed by atoms with Crippen LogP contribution >= 0.6 is 0 Å². The number of aromatic nitrogens is 4.